The van der Waals surface area contributed by atoms with Crippen LogP contribution in [-0.4, -0.2) is 34.8 Å². The van der Waals surface area contributed by atoms with Gasteiger partial charge in [0.25, 0.3) is 0 Å². The molecule has 0 aromatic carbocycles. The second-order valence-electron chi connectivity index (χ2n) is 5.35. The molecule has 96 valence electrons. The molecule has 0 amide bonds. The van der Waals surface area contributed by atoms with Crippen LogP contribution in [0.4, 0.5) is 5.95 Å². The number of piperidine rings is 1. The molecule has 3 N–H and O–H groups in total. The Bertz CT molecular complexity index is 338. The highest BCUT2D eigenvalue weighted by Crippen LogP contribution is 2.19. The second kappa shape index (κ2) is 5.49. The van der Waals surface area contributed by atoms with Crippen LogP contribution in [-0.2, 0) is 6.42 Å². The van der Waals surface area contributed by atoms with Gasteiger partial charge in [-0.2, -0.15) is 4.98 Å². The molecule has 5 heteroatoms. The van der Waals surface area contributed by atoms with E-state index in [1.54, 1.807) is 0 Å². The minimum atomic E-state index is 0.610. The molecule has 0 spiro atoms. The Morgan fingerprint density at radius 1 is 1.41 bits per heavy atom. The van der Waals surface area contributed by atoms with Crippen LogP contribution in [0.2, 0.25) is 0 Å². The van der Waals surface area contributed by atoms with E-state index in [1.807, 2.05) is 0 Å². The minimum absolute atomic E-state index is 0.610. The van der Waals surface area contributed by atoms with Crippen molar-refractivity contribution in [1.29, 1.82) is 0 Å². The summed E-state index contributed by atoms with van der Waals surface area (Å²) < 4.78 is 0. The molecule has 1 saturated heterocycles. The van der Waals surface area contributed by atoms with Crippen molar-refractivity contribution in [2.75, 3.05) is 24.5 Å². The molecule has 1 aromatic rings. The van der Waals surface area contributed by atoms with E-state index in [9.17, 15) is 0 Å². The van der Waals surface area contributed by atoms with Gasteiger partial charge in [0.05, 0.1) is 0 Å². The normalized spacial score (nSPS) is 18.0. The molecular weight excluding hydrogens is 214 g/mol. The predicted octanol–water partition coefficient (Wildman–Crippen LogP) is 1.18. The van der Waals surface area contributed by atoms with E-state index in [2.05, 4.69) is 33.9 Å². The lowest BCUT2D eigenvalue weighted by atomic mass is 9.97. The number of nitrogens with one attached hydrogen (secondary N) is 1. The Kier molecular flexibility index (Phi) is 3.99. The summed E-state index contributed by atoms with van der Waals surface area (Å²) in [6.07, 6.45) is 3.28. The van der Waals surface area contributed by atoms with Gasteiger partial charge < -0.3 is 10.6 Å². The van der Waals surface area contributed by atoms with Gasteiger partial charge in [0.1, 0.15) is 5.82 Å². The molecule has 1 aliphatic heterocycles. The fourth-order valence-corrected chi connectivity index (χ4v) is 2.27. The van der Waals surface area contributed by atoms with Gasteiger partial charge in [0, 0.05) is 19.5 Å². The van der Waals surface area contributed by atoms with Crippen LogP contribution in [0.5, 0.6) is 0 Å². The summed E-state index contributed by atoms with van der Waals surface area (Å²) in [4.78, 5) is 6.81. The average molecular weight is 237 g/mol. The first kappa shape index (κ1) is 12.4. The third-order valence-corrected chi connectivity index (χ3v) is 3.35. The van der Waals surface area contributed by atoms with Gasteiger partial charge in [0.15, 0.2) is 0 Å². The molecule has 2 heterocycles. The van der Waals surface area contributed by atoms with E-state index in [-0.39, 0.29) is 0 Å². The third kappa shape index (κ3) is 3.19. The van der Waals surface area contributed by atoms with Gasteiger partial charge in [0.2, 0.25) is 5.95 Å². The fraction of sp³-hybridized carbons (Fsp3) is 0.833. The van der Waals surface area contributed by atoms with Gasteiger partial charge >= 0.3 is 0 Å². The number of hydrogen-bond acceptors (Lipinski definition) is 4. The van der Waals surface area contributed by atoms with Gasteiger partial charge in [-0.25, -0.2) is 0 Å². The van der Waals surface area contributed by atoms with Crippen molar-refractivity contribution in [3.8, 4) is 0 Å². The lowest BCUT2D eigenvalue weighted by Crippen LogP contribution is -2.36. The Hall–Kier alpha value is -1.10. The molecule has 0 atom stereocenters. The highest BCUT2D eigenvalue weighted by Gasteiger charge is 2.20. The molecule has 1 fully saturated rings. The van der Waals surface area contributed by atoms with E-state index < -0.39 is 0 Å². The number of rotatable bonds is 4. The second-order valence-corrected chi connectivity index (χ2v) is 5.35. The van der Waals surface area contributed by atoms with Crippen LogP contribution in [0.3, 0.4) is 0 Å². The first-order chi connectivity index (χ1) is 8.19. The summed E-state index contributed by atoms with van der Waals surface area (Å²) in [5.74, 6) is 3.14. The van der Waals surface area contributed by atoms with Crippen LogP contribution < -0.4 is 10.6 Å². The molecule has 1 aromatic heterocycles. The van der Waals surface area contributed by atoms with E-state index in [4.69, 9.17) is 5.73 Å². The van der Waals surface area contributed by atoms with Gasteiger partial charge in [-0.3, -0.25) is 5.10 Å². The Morgan fingerprint density at radius 3 is 2.71 bits per heavy atom. The summed E-state index contributed by atoms with van der Waals surface area (Å²) in [5.41, 5.74) is 5.69. The van der Waals surface area contributed by atoms with Crippen LogP contribution in [0.15, 0.2) is 0 Å². The van der Waals surface area contributed by atoms with Crippen LogP contribution in [0.25, 0.3) is 0 Å². The van der Waals surface area contributed by atoms with Crippen LogP contribution >= 0.6 is 0 Å². The number of anilines is 1. The molecule has 0 saturated carbocycles. The first-order valence-corrected chi connectivity index (χ1v) is 6.55. The van der Waals surface area contributed by atoms with E-state index in [0.717, 1.165) is 50.7 Å². The quantitative estimate of drug-likeness (QED) is 0.825. The SMILES string of the molecule is CC(C)Cc1nc(N2CCC(CN)CC2)n[nH]1. The average Bonchev–Trinajstić information content (AvgIpc) is 2.77. The van der Waals surface area contributed by atoms with Crippen molar-refractivity contribution >= 4 is 5.95 Å². The number of aromatic nitrogens is 3. The minimum Gasteiger partial charge on any atom is -0.340 e. The monoisotopic (exact) mass is 237 g/mol. The predicted molar refractivity (Wildman–Crippen MR) is 68.9 cm³/mol. The summed E-state index contributed by atoms with van der Waals surface area (Å²) >= 11 is 0. The number of nitrogens with zero attached hydrogens (tertiary/aromatic N) is 3. The summed E-state index contributed by atoms with van der Waals surface area (Å²) in [6.45, 7) is 7.24. The van der Waals surface area contributed by atoms with Gasteiger partial charge in [-0.05, 0) is 31.2 Å². The maximum absolute atomic E-state index is 5.69. The molecule has 1 aliphatic rings. The number of nitrogens with two attached hydrogens (primary N) is 1. The van der Waals surface area contributed by atoms with Crippen LogP contribution in [0.1, 0.15) is 32.5 Å². The van der Waals surface area contributed by atoms with Gasteiger partial charge in [-0.15, -0.1) is 5.10 Å². The molecule has 2 rings (SSSR count). The molecular formula is C12H23N5. The maximum atomic E-state index is 5.69. The highest BCUT2D eigenvalue weighted by molar-refractivity contribution is 5.29. The number of H-pyrrole nitrogens is 1. The number of aromatic amines is 1. The standard InChI is InChI=1S/C12H23N5/c1-9(2)7-11-14-12(16-15-11)17-5-3-10(8-13)4-6-17/h9-10H,3-8,13H2,1-2H3,(H,14,15,16). The topological polar surface area (TPSA) is 70.8 Å². The zero-order valence-corrected chi connectivity index (χ0v) is 10.8. The summed E-state index contributed by atoms with van der Waals surface area (Å²) in [5, 5.41) is 7.33. The van der Waals surface area contributed by atoms with E-state index in [0.29, 0.717) is 11.8 Å². The van der Waals surface area contributed by atoms with Crippen molar-refractivity contribution < 1.29 is 0 Å². The molecule has 0 unspecified atom stereocenters. The molecule has 0 bridgehead atoms. The molecule has 0 aliphatic carbocycles. The Balaban J connectivity index is 1.92. The highest BCUT2D eigenvalue weighted by atomic mass is 15.4. The van der Waals surface area contributed by atoms with Crippen LogP contribution in [0, 0.1) is 11.8 Å². The van der Waals surface area contributed by atoms with Gasteiger partial charge in [-0.1, -0.05) is 13.8 Å². The molecule has 17 heavy (non-hydrogen) atoms. The van der Waals surface area contributed by atoms with Crippen molar-refractivity contribution in [3.63, 3.8) is 0 Å². The Morgan fingerprint density at radius 2 is 2.12 bits per heavy atom. The zero-order valence-electron chi connectivity index (χ0n) is 10.8. The lowest BCUT2D eigenvalue weighted by molar-refractivity contribution is 0.411. The van der Waals surface area contributed by atoms with Crippen molar-refractivity contribution in [3.05, 3.63) is 5.82 Å². The number of hydrogen-bond donors (Lipinski definition) is 2. The summed E-state index contributed by atoms with van der Waals surface area (Å²) in [6, 6.07) is 0. The zero-order chi connectivity index (χ0) is 12.3. The summed E-state index contributed by atoms with van der Waals surface area (Å²) in [7, 11) is 0. The van der Waals surface area contributed by atoms with Crippen molar-refractivity contribution in [2.45, 2.75) is 33.1 Å². The van der Waals surface area contributed by atoms with Crippen molar-refractivity contribution in [2.24, 2.45) is 17.6 Å². The Labute approximate surface area is 103 Å². The maximum Gasteiger partial charge on any atom is 0.244 e. The largest absolute Gasteiger partial charge is 0.340 e. The van der Waals surface area contributed by atoms with Crippen molar-refractivity contribution in [1.82, 2.24) is 15.2 Å². The molecule has 0 radical (unpaired) electrons. The molecule has 5 nitrogen and oxygen atoms in total. The third-order valence-electron chi connectivity index (χ3n) is 3.35. The van der Waals surface area contributed by atoms with E-state index >= 15 is 0 Å². The first-order valence-electron chi connectivity index (χ1n) is 6.55. The fourth-order valence-electron chi connectivity index (χ4n) is 2.27. The van der Waals surface area contributed by atoms with E-state index in [1.165, 1.54) is 0 Å². The smallest absolute Gasteiger partial charge is 0.244 e. The lowest BCUT2D eigenvalue weighted by Gasteiger charge is -2.30.